The zero-order valence-corrected chi connectivity index (χ0v) is 16.7. The molecule has 4 rings (SSSR count). The van der Waals surface area contributed by atoms with Crippen LogP contribution in [0.4, 0.5) is 5.69 Å². The van der Waals surface area contributed by atoms with E-state index in [1.54, 1.807) is 29.1 Å². The van der Waals surface area contributed by atoms with Gasteiger partial charge in [0.1, 0.15) is 0 Å². The van der Waals surface area contributed by atoms with Gasteiger partial charge < -0.3 is 5.32 Å². The number of sulfonamides is 1. The van der Waals surface area contributed by atoms with Crippen molar-refractivity contribution in [3.8, 4) is 5.69 Å². The number of anilines is 1. The highest BCUT2D eigenvalue weighted by Crippen LogP contribution is 2.23. The van der Waals surface area contributed by atoms with E-state index in [2.05, 4.69) is 10.4 Å². The standard InChI is InChI=1S/C21H22N4O3S/c26-21(17-15-22-25(16-17)19-9-3-1-4-10-19)23-18-8-7-11-20(14-18)29(27,28)24-12-5-2-6-13-24/h1,3-4,7-11,14-16H,2,5-6,12-13H2,(H,23,26). The molecule has 1 saturated heterocycles. The van der Waals surface area contributed by atoms with E-state index in [0.717, 1.165) is 24.9 Å². The zero-order valence-electron chi connectivity index (χ0n) is 15.9. The van der Waals surface area contributed by atoms with Crippen LogP contribution in [0.15, 0.2) is 71.9 Å². The summed E-state index contributed by atoms with van der Waals surface area (Å²) in [6.45, 7) is 1.08. The molecule has 0 unspecified atom stereocenters. The van der Waals surface area contributed by atoms with Gasteiger partial charge in [0.2, 0.25) is 10.0 Å². The maximum absolute atomic E-state index is 12.9. The summed E-state index contributed by atoms with van der Waals surface area (Å²) in [5.74, 6) is -0.347. The van der Waals surface area contributed by atoms with Crippen LogP contribution in [0.5, 0.6) is 0 Å². The van der Waals surface area contributed by atoms with E-state index < -0.39 is 10.0 Å². The molecule has 0 aliphatic carbocycles. The Labute approximate surface area is 170 Å². The fourth-order valence-electron chi connectivity index (χ4n) is 3.35. The highest BCUT2D eigenvalue weighted by molar-refractivity contribution is 7.89. The number of carbonyl (C=O) groups excluding carboxylic acids is 1. The quantitative estimate of drug-likeness (QED) is 0.699. The van der Waals surface area contributed by atoms with Crippen LogP contribution in [-0.4, -0.2) is 41.5 Å². The highest BCUT2D eigenvalue weighted by atomic mass is 32.2. The van der Waals surface area contributed by atoms with Crippen molar-refractivity contribution in [1.82, 2.24) is 14.1 Å². The SMILES string of the molecule is O=C(Nc1cccc(S(=O)(=O)N2CCCCC2)c1)c1cnn(-c2ccccc2)c1. The lowest BCUT2D eigenvalue weighted by molar-refractivity contribution is 0.102. The van der Waals surface area contributed by atoms with Crippen molar-refractivity contribution in [3.05, 3.63) is 72.6 Å². The first-order chi connectivity index (χ1) is 14.0. The number of carbonyl (C=O) groups is 1. The number of benzene rings is 2. The van der Waals surface area contributed by atoms with Gasteiger partial charge in [-0.3, -0.25) is 4.79 Å². The Morgan fingerprint density at radius 1 is 0.966 bits per heavy atom. The van der Waals surface area contributed by atoms with Gasteiger partial charge in [-0.2, -0.15) is 9.40 Å². The topological polar surface area (TPSA) is 84.3 Å². The molecule has 29 heavy (non-hydrogen) atoms. The zero-order chi connectivity index (χ0) is 20.3. The summed E-state index contributed by atoms with van der Waals surface area (Å²) >= 11 is 0. The summed E-state index contributed by atoms with van der Waals surface area (Å²) in [6.07, 6.45) is 5.93. The molecule has 1 fully saturated rings. The molecule has 2 heterocycles. The van der Waals surface area contributed by atoms with Gasteiger partial charge in [-0.15, -0.1) is 0 Å². The molecule has 1 aliphatic rings. The maximum atomic E-state index is 12.9. The fraction of sp³-hybridized carbons (Fsp3) is 0.238. The second-order valence-electron chi connectivity index (χ2n) is 6.96. The van der Waals surface area contributed by atoms with Crippen LogP contribution in [-0.2, 0) is 10.0 Å². The van der Waals surface area contributed by atoms with E-state index >= 15 is 0 Å². The normalized spacial score (nSPS) is 15.2. The minimum absolute atomic E-state index is 0.192. The summed E-state index contributed by atoms with van der Waals surface area (Å²) in [7, 11) is -3.55. The van der Waals surface area contributed by atoms with Crippen molar-refractivity contribution in [2.75, 3.05) is 18.4 Å². The molecule has 7 nitrogen and oxygen atoms in total. The van der Waals surface area contributed by atoms with Crippen molar-refractivity contribution >= 4 is 21.6 Å². The van der Waals surface area contributed by atoms with Gasteiger partial charge in [-0.25, -0.2) is 13.1 Å². The molecule has 1 N–H and O–H groups in total. The van der Waals surface area contributed by atoms with Gasteiger partial charge in [0.05, 0.1) is 22.3 Å². The van der Waals surface area contributed by atoms with Crippen molar-refractivity contribution in [2.45, 2.75) is 24.2 Å². The van der Waals surface area contributed by atoms with E-state index in [1.165, 1.54) is 16.6 Å². The van der Waals surface area contributed by atoms with Gasteiger partial charge in [0.15, 0.2) is 0 Å². The van der Waals surface area contributed by atoms with Gasteiger partial charge in [0.25, 0.3) is 5.91 Å². The molecule has 0 saturated carbocycles. The van der Waals surface area contributed by atoms with Crippen LogP contribution in [0.1, 0.15) is 29.6 Å². The molecule has 0 atom stereocenters. The number of rotatable bonds is 5. The van der Waals surface area contributed by atoms with E-state index in [9.17, 15) is 13.2 Å². The molecule has 8 heteroatoms. The Bertz CT molecular complexity index is 1100. The van der Waals surface area contributed by atoms with Crippen LogP contribution in [0.3, 0.4) is 0 Å². The van der Waals surface area contributed by atoms with E-state index in [4.69, 9.17) is 0 Å². The molecule has 0 spiro atoms. The van der Waals surface area contributed by atoms with Crippen molar-refractivity contribution in [3.63, 3.8) is 0 Å². The van der Waals surface area contributed by atoms with E-state index in [-0.39, 0.29) is 10.8 Å². The Morgan fingerprint density at radius 2 is 1.72 bits per heavy atom. The molecule has 3 aromatic rings. The summed E-state index contributed by atoms with van der Waals surface area (Å²) < 4.78 is 28.8. The lowest BCUT2D eigenvalue weighted by atomic mass is 10.2. The van der Waals surface area contributed by atoms with E-state index in [1.807, 2.05) is 30.3 Å². The average molecular weight is 410 g/mol. The number of nitrogens with zero attached hydrogens (tertiary/aromatic N) is 3. The monoisotopic (exact) mass is 410 g/mol. The summed E-state index contributed by atoms with van der Waals surface area (Å²) in [4.78, 5) is 12.8. The Balaban J connectivity index is 1.51. The number of amides is 1. The summed E-state index contributed by atoms with van der Waals surface area (Å²) in [5, 5.41) is 6.98. The van der Waals surface area contributed by atoms with Gasteiger partial charge >= 0.3 is 0 Å². The molecule has 0 bridgehead atoms. The number of hydrogen-bond acceptors (Lipinski definition) is 4. The second kappa shape index (κ2) is 8.18. The van der Waals surface area contributed by atoms with Crippen LogP contribution in [0, 0.1) is 0 Å². The van der Waals surface area contributed by atoms with Crippen LogP contribution in [0.25, 0.3) is 5.69 Å². The summed E-state index contributed by atoms with van der Waals surface area (Å²) in [5.41, 5.74) is 1.67. The Hall–Kier alpha value is -2.97. The van der Waals surface area contributed by atoms with Gasteiger partial charge in [0, 0.05) is 25.0 Å². The fourth-order valence-corrected chi connectivity index (χ4v) is 4.92. The number of piperidine rings is 1. The number of para-hydroxylation sites is 1. The van der Waals surface area contributed by atoms with Gasteiger partial charge in [-0.1, -0.05) is 30.7 Å². The Kier molecular flexibility index (Phi) is 5.46. The molecule has 1 aromatic heterocycles. The highest BCUT2D eigenvalue weighted by Gasteiger charge is 2.26. The number of aromatic nitrogens is 2. The minimum Gasteiger partial charge on any atom is -0.322 e. The van der Waals surface area contributed by atoms with Crippen molar-refractivity contribution in [2.24, 2.45) is 0 Å². The maximum Gasteiger partial charge on any atom is 0.258 e. The lowest BCUT2D eigenvalue weighted by Crippen LogP contribution is -2.35. The molecule has 0 radical (unpaired) electrons. The largest absolute Gasteiger partial charge is 0.322 e. The minimum atomic E-state index is -3.55. The Morgan fingerprint density at radius 3 is 2.48 bits per heavy atom. The van der Waals surface area contributed by atoms with Crippen LogP contribution in [0.2, 0.25) is 0 Å². The molecular weight excluding hydrogens is 388 g/mol. The molecule has 1 aliphatic heterocycles. The second-order valence-corrected chi connectivity index (χ2v) is 8.89. The predicted octanol–water partition coefficient (Wildman–Crippen LogP) is 3.30. The first-order valence-electron chi connectivity index (χ1n) is 9.56. The van der Waals surface area contributed by atoms with Crippen molar-refractivity contribution < 1.29 is 13.2 Å². The third-order valence-corrected chi connectivity index (χ3v) is 6.80. The van der Waals surface area contributed by atoms with Crippen LogP contribution >= 0.6 is 0 Å². The average Bonchev–Trinajstić information content (AvgIpc) is 3.26. The number of hydrogen-bond donors (Lipinski definition) is 1. The predicted molar refractivity (Wildman–Crippen MR) is 111 cm³/mol. The molecule has 150 valence electrons. The van der Waals surface area contributed by atoms with Crippen LogP contribution < -0.4 is 5.32 Å². The van der Waals surface area contributed by atoms with Crippen molar-refractivity contribution in [1.29, 1.82) is 0 Å². The first-order valence-corrected chi connectivity index (χ1v) is 11.0. The third-order valence-electron chi connectivity index (χ3n) is 4.91. The molecule has 2 aromatic carbocycles. The van der Waals surface area contributed by atoms with E-state index in [0.29, 0.717) is 24.3 Å². The summed E-state index contributed by atoms with van der Waals surface area (Å²) in [6, 6.07) is 15.9. The van der Waals surface area contributed by atoms with Gasteiger partial charge in [-0.05, 0) is 43.2 Å². The number of nitrogens with one attached hydrogen (secondary N) is 1. The lowest BCUT2D eigenvalue weighted by Gasteiger charge is -2.26. The first kappa shape index (κ1) is 19.4. The third kappa shape index (κ3) is 4.23. The molecule has 1 amide bonds. The smallest absolute Gasteiger partial charge is 0.258 e. The molecular formula is C21H22N4O3S.